The third-order valence-electron chi connectivity index (χ3n) is 3.02. The van der Waals surface area contributed by atoms with Crippen molar-refractivity contribution in [3.8, 4) is 11.1 Å². The van der Waals surface area contributed by atoms with Gasteiger partial charge in [-0.2, -0.15) is 19.6 Å². The normalized spacial score (nSPS) is 12.8. The molecule has 0 bridgehead atoms. The molecule has 0 saturated carbocycles. The summed E-state index contributed by atoms with van der Waals surface area (Å²) in [6.07, 6.45) is -4.91. The molecule has 0 aliphatic rings. The van der Waals surface area contributed by atoms with Crippen molar-refractivity contribution in [2.24, 2.45) is 0 Å². The van der Waals surface area contributed by atoms with Crippen molar-refractivity contribution in [3.63, 3.8) is 0 Å². The van der Waals surface area contributed by atoms with Crippen LogP contribution in [0.15, 0.2) is 30.6 Å². The smallest absolute Gasteiger partial charge is 0.287 e. The molecule has 3 rings (SSSR count). The van der Waals surface area contributed by atoms with Gasteiger partial charge in [0.25, 0.3) is 12.2 Å². The molecule has 10 heteroatoms. The second kappa shape index (κ2) is 5.99. The highest BCUT2D eigenvalue weighted by atomic mass is 35.5. The molecular formula is C13H8ClF4N5. The van der Waals surface area contributed by atoms with E-state index in [9.17, 15) is 17.6 Å². The molecule has 23 heavy (non-hydrogen) atoms. The minimum atomic E-state index is -3.30. The number of aromatic nitrogens is 4. The summed E-state index contributed by atoms with van der Waals surface area (Å²) in [6.45, 7) is 0. The first-order valence-corrected chi connectivity index (χ1v) is 6.69. The van der Waals surface area contributed by atoms with Crippen LogP contribution in [-0.2, 0) is 0 Å². The highest BCUT2D eigenvalue weighted by molar-refractivity contribution is 6.33. The van der Waals surface area contributed by atoms with Crippen molar-refractivity contribution >= 4 is 23.2 Å². The molecule has 0 aliphatic heterocycles. The van der Waals surface area contributed by atoms with Crippen molar-refractivity contribution in [1.82, 2.24) is 19.6 Å². The molecule has 0 spiro atoms. The Morgan fingerprint density at radius 2 is 1.91 bits per heavy atom. The van der Waals surface area contributed by atoms with Crippen LogP contribution in [0.2, 0.25) is 5.15 Å². The first-order valence-electron chi connectivity index (χ1n) is 6.32. The Kier molecular flexibility index (Phi) is 4.03. The maximum absolute atomic E-state index is 14.1. The number of hydrogen-bond donors (Lipinski definition) is 1. The molecule has 1 aromatic carbocycles. The van der Waals surface area contributed by atoms with E-state index in [-0.39, 0.29) is 27.9 Å². The molecule has 0 aliphatic carbocycles. The fourth-order valence-electron chi connectivity index (χ4n) is 2.05. The van der Waals surface area contributed by atoms with E-state index >= 15 is 0 Å². The van der Waals surface area contributed by atoms with Gasteiger partial charge < -0.3 is 5.32 Å². The molecule has 1 unspecified atom stereocenters. The predicted octanol–water partition coefficient (Wildman–Crippen LogP) is 3.56. The molecule has 0 radical (unpaired) electrons. The van der Waals surface area contributed by atoms with Crippen LogP contribution in [-0.4, -0.2) is 32.3 Å². The Labute approximate surface area is 131 Å². The minimum Gasteiger partial charge on any atom is -0.335 e. The number of anilines is 1. The number of fused-ring (bicyclic) bond motifs is 1. The van der Waals surface area contributed by atoms with Crippen molar-refractivity contribution < 1.29 is 17.6 Å². The largest absolute Gasteiger partial charge is 0.335 e. The molecule has 1 N–H and O–H groups in total. The van der Waals surface area contributed by atoms with Gasteiger partial charge in [0, 0.05) is 5.56 Å². The molecule has 0 fully saturated rings. The lowest BCUT2D eigenvalue weighted by Gasteiger charge is -2.17. The molecule has 3 aromatic rings. The summed E-state index contributed by atoms with van der Waals surface area (Å²) in [5.41, 5.74) is -0.127. The van der Waals surface area contributed by atoms with E-state index in [0.717, 1.165) is 16.9 Å². The van der Waals surface area contributed by atoms with Gasteiger partial charge in [0.05, 0.1) is 5.56 Å². The van der Waals surface area contributed by atoms with E-state index in [2.05, 4.69) is 15.1 Å². The van der Waals surface area contributed by atoms with Gasteiger partial charge in [-0.25, -0.2) is 17.6 Å². The van der Waals surface area contributed by atoms with Gasteiger partial charge in [-0.15, -0.1) is 0 Å². The zero-order valence-corrected chi connectivity index (χ0v) is 12.0. The van der Waals surface area contributed by atoms with Crippen LogP contribution in [0.4, 0.5) is 23.4 Å². The summed E-state index contributed by atoms with van der Waals surface area (Å²) >= 11 is 6.03. The number of halogens is 5. The lowest BCUT2D eigenvalue weighted by molar-refractivity contribution is 0.0648. The zero-order valence-electron chi connectivity index (χ0n) is 11.2. The predicted molar refractivity (Wildman–Crippen MR) is 75.7 cm³/mol. The van der Waals surface area contributed by atoms with Crippen LogP contribution >= 0.6 is 11.6 Å². The van der Waals surface area contributed by atoms with Crippen molar-refractivity contribution in [1.29, 1.82) is 0 Å². The van der Waals surface area contributed by atoms with E-state index < -0.39 is 18.5 Å². The quantitative estimate of drug-likeness (QED) is 0.446. The Morgan fingerprint density at radius 3 is 2.61 bits per heavy atom. The maximum Gasteiger partial charge on any atom is 0.287 e. The number of benzene rings is 1. The fraction of sp³-hybridized carbons (Fsp3) is 0.154. The molecule has 2 heterocycles. The average molecular weight is 346 g/mol. The number of rotatable bonds is 4. The molecule has 0 amide bonds. The summed E-state index contributed by atoms with van der Waals surface area (Å²) in [5, 5.41) is 5.51. The van der Waals surface area contributed by atoms with E-state index in [4.69, 9.17) is 11.6 Å². The fourth-order valence-corrected chi connectivity index (χ4v) is 2.31. The summed E-state index contributed by atoms with van der Waals surface area (Å²) in [6, 6.07) is 5.48. The van der Waals surface area contributed by atoms with Crippen LogP contribution in [0, 0.1) is 5.82 Å². The molecule has 2 aromatic heterocycles. The van der Waals surface area contributed by atoms with E-state index in [1.807, 2.05) is 5.32 Å². The van der Waals surface area contributed by atoms with Gasteiger partial charge >= 0.3 is 0 Å². The maximum atomic E-state index is 14.1. The van der Waals surface area contributed by atoms with Gasteiger partial charge in [0.2, 0.25) is 6.30 Å². The van der Waals surface area contributed by atoms with Gasteiger partial charge in [-0.05, 0) is 6.07 Å². The first-order chi connectivity index (χ1) is 11.0. The Hall–Kier alpha value is -2.42. The monoisotopic (exact) mass is 345 g/mol. The van der Waals surface area contributed by atoms with Crippen molar-refractivity contribution in [3.05, 3.63) is 41.6 Å². The lowest BCUT2D eigenvalue weighted by Crippen LogP contribution is -2.24. The Morgan fingerprint density at radius 1 is 1.17 bits per heavy atom. The Balaban J connectivity index is 2.27. The van der Waals surface area contributed by atoms with E-state index in [0.29, 0.717) is 0 Å². The third-order valence-corrected chi connectivity index (χ3v) is 3.30. The van der Waals surface area contributed by atoms with Crippen LogP contribution in [0.25, 0.3) is 16.9 Å². The minimum absolute atomic E-state index is 0.0358. The molecule has 5 nitrogen and oxygen atoms in total. The van der Waals surface area contributed by atoms with Crippen LogP contribution in [0.5, 0.6) is 0 Å². The summed E-state index contributed by atoms with van der Waals surface area (Å²) < 4.78 is 53.6. The highest BCUT2D eigenvalue weighted by Gasteiger charge is 2.25. The van der Waals surface area contributed by atoms with Gasteiger partial charge in [-0.1, -0.05) is 29.8 Å². The summed E-state index contributed by atoms with van der Waals surface area (Å²) in [7, 11) is 0. The van der Waals surface area contributed by atoms with Gasteiger partial charge in [0.1, 0.15) is 23.1 Å². The van der Waals surface area contributed by atoms with E-state index in [1.54, 1.807) is 0 Å². The van der Waals surface area contributed by atoms with Crippen molar-refractivity contribution in [2.45, 2.75) is 12.7 Å². The standard InChI is InChI=1S/C13H8ClF4N5/c14-9-8(6-3-1-2-4-7(6)15)12(22-11(18)10(16)17)23-13(21-9)19-5-20-23/h1-5,10-11,22H. The first kappa shape index (κ1) is 15.5. The third kappa shape index (κ3) is 2.79. The second-order valence-electron chi connectivity index (χ2n) is 4.46. The average Bonchev–Trinajstić information content (AvgIpc) is 2.96. The van der Waals surface area contributed by atoms with Crippen LogP contribution in [0.1, 0.15) is 0 Å². The number of nitrogens with one attached hydrogen (secondary N) is 1. The summed E-state index contributed by atoms with van der Waals surface area (Å²) in [5.74, 6) is -0.986. The van der Waals surface area contributed by atoms with Gasteiger partial charge in [-0.3, -0.25) is 0 Å². The second-order valence-corrected chi connectivity index (χ2v) is 4.82. The van der Waals surface area contributed by atoms with Gasteiger partial charge in [0.15, 0.2) is 0 Å². The zero-order chi connectivity index (χ0) is 16.6. The SMILES string of the molecule is Fc1ccccc1-c1c(Cl)nc2ncnn2c1NC(F)C(F)F. The van der Waals surface area contributed by atoms with Crippen LogP contribution in [0.3, 0.4) is 0 Å². The summed E-state index contributed by atoms with van der Waals surface area (Å²) in [4.78, 5) is 7.67. The molecule has 120 valence electrons. The molecule has 0 saturated heterocycles. The number of alkyl halides is 3. The number of nitrogens with zero attached hydrogens (tertiary/aromatic N) is 4. The highest BCUT2D eigenvalue weighted by Crippen LogP contribution is 2.36. The lowest BCUT2D eigenvalue weighted by atomic mass is 10.1. The van der Waals surface area contributed by atoms with Crippen molar-refractivity contribution in [2.75, 3.05) is 5.32 Å². The Bertz CT molecular complexity index is 853. The van der Waals surface area contributed by atoms with E-state index in [1.165, 1.54) is 18.2 Å². The van der Waals surface area contributed by atoms with Crippen LogP contribution < -0.4 is 5.32 Å². The topological polar surface area (TPSA) is 55.1 Å². The molecule has 1 atom stereocenters. The number of hydrogen-bond acceptors (Lipinski definition) is 4. The molecular weight excluding hydrogens is 338 g/mol.